The lowest BCUT2D eigenvalue weighted by Crippen LogP contribution is -2.33. The largest absolute Gasteiger partial charge is 0.417 e. The maximum atomic E-state index is 13.2. The summed E-state index contributed by atoms with van der Waals surface area (Å²) in [6.07, 6.45) is -4.59. The van der Waals surface area contributed by atoms with Gasteiger partial charge in [0.05, 0.1) is 22.9 Å². The standard InChI is InChI=1S/C19H18F3N3OS/c1-12-9-13(2)25(24-12)17(14-7-8-27-11-14)10-23-18(26)15-5-3-4-6-16(15)19(20,21)22/h3-9,11,17H,10H2,1-2H3,(H,23,26)/t17-/m1/s1. The Kier molecular flexibility index (Phi) is 5.36. The Morgan fingerprint density at radius 3 is 2.59 bits per heavy atom. The van der Waals surface area contributed by atoms with E-state index in [2.05, 4.69) is 10.4 Å². The van der Waals surface area contributed by atoms with E-state index in [1.165, 1.54) is 29.5 Å². The lowest BCUT2D eigenvalue weighted by Gasteiger charge is -2.20. The Morgan fingerprint density at radius 1 is 1.26 bits per heavy atom. The van der Waals surface area contributed by atoms with Gasteiger partial charge in [-0.3, -0.25) is 9.48 Å². The summed E-state index contributed by atoms with van der Waals surface area (Å²) in [6, 6.07) is 8.31. The lowest BCUT2D eigenvalue weighted by atomic mass is 10.1. The first-order valence-corrected chi connectivity index (χ1v) is 9.21. The number of halogens is 3. The number of aryl methyl sites for hydroxylation is 2. The van der Waals surface area contributed by atoms with Crippen molar-refractivity contribution >= 4 is 17.2 Å². The van der Waals surface area contributed by atoms with Gasteiger partial charge in [0.15, 0.2) is 0 Å². The van der Waals surface area contributed by atoms with Crippen molar-refractivity contribution in [3.05, 3.63) is 75.2 Å². The lowest BCUT2D eigenvalue weighted by molar-refractivity contribution is -0.137. The van der Waals surface area contributed by atoms with Crippen molar-refractivity contribution in [2.75, 3.05) is 6.54 Å². The number of hydrogen-bond donors (Lipinski definition) is 1. The van der Waals surface area contributed by atoms with Crippen LogP contribution >= 0.6 is 11.3 Å². The number of hydrogen-bond acceptors (Lipinski definition) is 3. The number of alkyl halides is 3. The Labute approximate surface area is 158 Å². The zero-order valence-corrected chi connectivity index (χ0v) is 15.6. The third-order valence-corrected chi connectivity index (χ3v) is 4.90. The van der Waals surface area contributed by atoms with Crippen LogP contribution < -0.4 is 5.32 Å². The number of aromatic nitrogens is 2. The van der Waals surface area contributed by atoms with Gasteiger partial charge in [0.2, 0.25) is 0 Å². The van der Waals surface area contributed by atoms with Gasteiger partial charge in [-0.15, -0.1) is 0 Å². The molecular weight excluding hydrogens is 375 g/mol. The molecular formula is C19H18F3N3OS. The van der Waals surface area contributed by atoms with Crippen molar-refractivity contribution < 1.29 is 18.0 Å². The molecule has 2 heterocycles. The predicted molar refractivity (Wildman–Crippen MR) is 97.9 cm³/mol. The number of nitrogens with one attached hydrogen (secondary N) is 1. The molecule has 0 radical (unpaired) electrons. The summed E-state index contributed by atoms with van der Waals surface area (Å²) in [5, 5.41) is 11.0. The van der Waals surface area contributed by atoms with Crippen LogP contribution in [-0.4, -0.2) is 22.2 Å². The van der Waals surface area contributed by atoms with E-state index in [1.54, 1.807) is 4.68 Å². The summed E-state index contributed by atoms with van der Waals surface area (Å²) in [6.45, 7) is 3.90. The highest BCUT2D eigenvalue weighted by molar-refractivity contribution is 7.08. The molecule has 3 aromatic rings. The number of amides is 1. The van der Waals surface area contributed by atoms with Crippen LogP contribution in [-0.2, 0) is 6.18 Å². The van der Waals surface area contributed by atoms with E-state index in [4.69, 9.17) is 0 Å². The fourth-order valence-corrected chi connectivity index (χ4v) is 3.69. The molecule has 0 aliphatic carbocycles. The number of thiophene rings is 1. The van der Waals surface area contributed by atoms with Gasteiger partial charge in [-0.25, -0.2) is 0 Å². The quantitative estimate of drug-likeness (QED) is 0.689. The molecule has 0 bridgehead atoms. The van der Waals surface area contributed by atoms with Crippen LogP contribution in [0.15, 0.2) is 47.2 Å². The molecule has 142 valence electrons. The zero-order chi connectivity index (χ0) is 19.6. The minimum absolute atomic E-state index is 0.129. The molecule has 0 unspecified atom stereocenters. The highest BCUT2D eigenvalue weighted by Gasteiger charge is 2.35. The molecule has 0 spiro atoms. The first kappa shape index (κ1) is 19.2. The molecule has 4 nitrogen and oxygen atoms in total. The fraction of sp³-hybridized carbons (Fsp3) is 0.263. The van der Waals surface area contributed by atoms with Gasteiger partial charge in [-0.1, -0.05) is 12.1 Å². The van der Waals surface area contributed by atoms with Crippen LogP contribution in [0.25, 0.3) is 0 Å². The third-order valence-electron chi connectivity index (χ3n) is 4.20. The van der Waals surface area contributed by atoms with Crippen molar-refractivity contribution in [2.45, 2.75) is 26.1 Å². The molecule has 2 aromatic heterocycles. The average molecular weight is 393 g/mol. The topological polar surface area (TPSA) is 46.9 Å². The first-order chi connectivity index (χ1) is 12.8. The molecule has 1 atom stereocenters. The van der Waals surface area contributed by atoms with Crippen LogP contribution in [0, 0.1) is 13.8 Å². The second kappa shape index (κ2) is 7.56. The molecule has 1 aromatic carbocycles. The van der Waals surface area contributed by atoms with Crippen molar-refractivity contribution in [1.29, 1.82) is 0 Å². The summed E-state index contributed by atoms with van der Waals surface area (Å²) >= 11 is 1.51. The molecule has 27 heavy (non-hydrogen) atoms. The van der Waals surface area contributed by atoms with E-state index in [9.17, 15) is 18.0 Å². The van der Waals surface area contributed by atoms with Gasteiger partial charge in [-0.2, -0.15) is 29.6 Å². The monoisotopic (exact) mass is 393 g/mol. The molecule has 0 saturated heterocycles. The van der Waals surface area contributed by atoms with Gasteiger partial charge in [0.25, 0.3) is 5.91 Å². The van der Waals surface area contributed by atoms with Gasteiger partial charge in [-0.05, 0) is 54.4 Å². The maximum Gasteiger partial charge on any atom is 0.417 e. The Morgan fingerprint density at radius 2 is 2.00 bits per heavy atom. The van der Waals surface area contributed by atoms with Crippen molar-refractivity contribution in [2.24, 2.45) is 0 Å². The minimum Gasteiger partial charge on any atom is -0.350 e. The van der Waals surface area contributed by atoms with Crippen molar-refractivity contribution in [3.63, 3.8) is 0 Å². The van der Waals surface area contributed by atoms with E-state index >= 15 is 0 Å². The second-order valence-corrected chi connectivity index (χ2v) is 6.98. The van der Waals surface area contributed by atoms with Crippen LogP contribution in [0.3, 0.4) is 0 Å². The fourth-order valence-electron chi connectivity index (χ4n) is 2.98. The predicted octanol–water partition coefficient (Wildman–Crippen LogP) is 4.60. The summed E-state index contributed by atoms with van der Waals surface area (Å²) in [5.74, 6) is -0.760. The smallest absolute Gasteiger partial charge is 0.350 e. The number of rotatable bonds is 5. The number of carbonyl (C=O) groups excluding carboxylic acids is 1. The number of nitrogens with zero attached hydrogens (tertiary/aromatic N) is 2. The molecule has 0 aliphatic rings. The van der Waals surface area contributed by atoms with Gasteiger partial charge in [0, 0.05) is 12.2 Å². The van der Waals surface area contributed by atoms with Crippen molar-refractivity contribution in [3.8, 4) is 0 Å². The highest BCUT2D eigenvalue weighted by atomic mass is 32.1. The molecule has 0 aliphatic heterocycles. The normalized spacial score (nSPS) is 12.8. The van der Waals surface area contributed by atoms with Crippen molar-refractivity contribution in [1.82, 2.24) is 15.1 Å². The molecule has 1 amide bonds. The Balaban J connectivity index is 1.85. The van der Waals surface area contributed by atoms with Gasteiger partial charge >= 0.3 is 6.18 Å². The number of benzene rings is 1. The van der Waals surface area contributed by atoms with Gasteiger partial charge in [0.1, 0.15) is 0 Å². The van der Waals surface area contributed by atoms with Gasteiger partial charge < -0.3 is 5.32 Å². The van der Waals surface area contributed by atoms with E-state index in [0.717, 1.165) is 23.0 Å². The molecule has 1 N–H and O–H groups in total. The maximum absolute atomic E-state index is 13.2. The molecule has 3 rings (SSSR count). The number of carbonyl (C=O) groups is 1. The highest BCUT2D eigenvalue weighted by Crippen LogP contribution is 2.32. The Bertz CT molecular complexity index is 932. The van der Waals surface area contributed by atoms with E-state index in [-0.39, 0.29) is 18.2 Å². The average Bonchev–Trinajstić information content (AvgIpc) is 3.24. The zero-order valence-electron chi connectivity index (χ0n) is 14.7. The summed E-state index contributed by atoms with van der Waals surface area (Å²) < 4.78 is 41.3. The SMILES string of the molecule is Cc1cc(C)n([C@H](CNC(=O)c2ccccc2C(F)(F)F)c2ccsc2)n1. The molecule has 8 heteroatoms. The van der Waals surface area contributed by atoms with E-state index < -0.39 is 17.6 Å². The van der Waals surface area contributed by atoms with E-state index in [1.807, 2.05) is 36.7 Å². The van der Waals surface area contributed by atoms with E-state index in [0.29, 0.717) is 0 Å². The summed E-state index contributed by atoms with van der Waals surface area (Å²) in [4.78, 5) is 12.5. The minimum atomic E-state index is -4.59. The van der Waals surface area contributed by atoms with Crippen LogP contribution in [0.5, 0.6) is 0 Å². The summed E-state index contributed by atoms with van der Waals surface area (Å²) in [7, 11) is 0. The van der Waals surface area contributed by atoms with Crippen LogP contribution in [0.4, 0.5) is 13.2 Å². The third kappa shape index (κ3) is 4.21. The van der Waals surface area contributed by atoms with Crippen LogP contribution in [0.2, 0.25) is 0 Å². The summed E-state index contributed by atoms with van der Waals surface area (Å²) in [5.41, 5.74) is 1.36. The molecule has 0 fully saturated rings. The first-order valence-electron chi connectivity index (χ1n) is 8.26. The van der Waals surface area contributed by atoms with Crippen LogP contribution in [0.1, 0.15) is 38.9 Å². The molecule has 0 saturated carbocycles. The Hall–Kier alpha value is -2.61. The second-order valence-electron chi connectivity index (χ2n) is 6.20.